The van der Waals surface area contributed by atoms with Crippen molar-refractivity contribution in [3.63, 3.8) is 0 Å². The van der Waals surface area contributed by atoms with Crippen molar-refractivity contribution >= 4 is 17.7 Å². The topological polar surface area (TPSA) is 61.6 Å². The Kier molecular flexibility index (Phi) is 6.54. The summed E-state index contributed by atoms with van der Waals surface area (Å²) in [5.41, 5.74) is 2.72. The summed E-state index contributed by atoms with van der Waals surface area (Å²) in [6, 6.07) is 17.1. The van der Waals surface area contributed by atoms with Gasteiger partial charge >= 0.3 is 5.97 Å². The lowest BCUT2D eigenvalue weighted by atomic mass is 10.2. The Morgan fingerprint density at radius 2 is 1.81 bits per heavy atom. The molecule has 0 aliphatic rings. The van der Waals surface area contributed by atoms with E-state index in [1.165, 1.54) is 11.8 Å². The number of benzene rings is 2. The maximum absolute atomic E-state index is 12.1. The first-order valence-electron chi connectivity index (χ1n) is 8.59. The van der Waals surface area contributed by atoms with Gasteiger partial charge in [0.15, 0.2) is 0 Å². The van der Waals surface area contributed by atoms with Gasteiger partial charge in [-0.05, 0) is 32.0 Å². The Labute approximate surface area is 162 Å². The van der Waals surface area contributed by atoms with Gasteiger partial charge in [0.1, 0.15) is 23.9 Å². The molecule has 3 rings (SSSR count). The van der Waals surface area contributed by atoms with Crippen LogP contribution in [0.3, 0.4) is 0 Å². The number of carbonyl (C=O) groups excluding carboxylic acids is 1. The second-order valence-corrected chi connectivity index (χ2v) is 6.96. The Morgan fingerprint density at radius 1 is 1.07 bits per heavy atom. The Morgan fingerprint density at radius 3 is 2.56 bits per heavy atom. The minimum absolute atomic E-state index is 0.174. The van der Waals surface area contributed by atoms with Crippen molar-refractivity contribution in [2.45, 2.75) is 26.2 Å². The molecule has 0 aliphatic heterocycles. The van der Waals surface area contributed by atoms with Gasteiger partial charge in [0.05, 0.1) is 11.4 Å². The first-order valence-corrected chi connectivity index (χ1v) is 9.75. The number of rotatable bonds is 8. The lowest BCUT2D eigenvalue weighted by Gasteiger charge is -2.11. The van der Waals surface area contributed by atoms with E-state index in [1.54, 1.807) is 0 Å². The van der Waals surface area contributed by atoms with Gasteiger partial charge in [-0.25, -0.2) is 0 Å². The molecule has 3 aromatic rings. The lowest BCUT2D eigenvalue weighted by Crippen LogP contribution is -2.08. The van der Waals surface area contributed by atoms with Crippen molar-refractivity contribution in [3.05, 3.63) is 77.2 Å². The van der Waals surface area contributed by atoms with E-state index in [0.717, 1.165) is 28.3 Å². The molecule has 0 fully saturated rings. The van der Waals surface area contributed by atoms with Crippen LogP contribution in [0.1, 0.15) is 22.6 Å². The number of aromatic nitrogens is 1. The molecule has 0 atom stereocenters. The van der Waals surface area contributed by atoms with Gasteiger partial charge in [-0.1, -0.05) is 41.6 Å². The third-order valence-electron chi connectivity index (χ3n) is 3.98. The van der Waals surface area contributed by atoms with Gasteiger partial charge in [-0.3, -0.25) is 4.79 Å². The fourth-order valence-electron chi connectivity index (χ4n) is 2.48. The molecule has 1 heterocycles. The van der Waals surface area contributed by atoms with E-state index in [-0.39, 0.29) is 18.3 Å². The monoisotopic (exact) mass is 383 g/mol. The van der Waals surface area contributed by atoms with E-state index in [1.807, 2.05) is 68.4 Å². The summed E-state index contributed by atoms with van der Waals surface area (Å²) in [6.45, 7) is 3.94. The quantitative estimate of drug-likeness (QED) is 0.507. The molecule has 2 aromatic carbocycles. The van der Waals surface area contributed by atoms with Crippen LogP contribution in [0, 0.1) is 13.8 Å². The highest BCUT2D eigenvalue weighted by molar-refractivity contribution is 7.99. The molecule has 0 spiro atoms. The molecule has 0 amide bonds. The molecule has 0 saturated carbocycles. The number of esters is 1. The lowest BCUT2D eigenvalue weighted by molar-refractivity contribution is -0.141. The first-order chi connectivity index (χ1) is 13.1. The van der Waals surface area contributed by atoms with Crippen LogP contribution < -0.4 is 4.74 Å². The highest BCUT2D eigenvalue weighted by atomic mass is 32.2. The molecule has 0 aliphatic carbocycles. The molecule has 0 N–H and O–H groups in total. The summed E-state index contributed by atoms with van der Waals surface area (Å²) in [5, 5.41) is 3.92. The van der Waals surface area contributed by atoms with Gasteiger partial charge in [0.2, 0.25) is 0 Å². The van der Waals surface area contributed by atoms with Crippen LogP contribution in [0.4, 0.5) is 0 Å². The zero-order valence-electron chi connectivity index (χ0n) is 15.3. The summed E-state index contributed by atoms with van der Waals surface area (Å²) in [5.74, 6) is 2.89. The average Bonchev–Trinajstić information content (AvgIpc) is 3.00. The highest BCUT2D eigenvalue weighted by Crippen LogP contribution is 2.26. The van der Waals surface area contributed by atoms with Crippen LogP contribution >= 0.6 is 11.8 Å². The van der Waals surface area contributed by atoms with Gasteiger partial charge in [-0.2, -0.15) is 0 Å². The smallest absolute Gasteiger partial charge is 0.316 e. The molecule has 0 saturated heterocycles. The Balaban J connectivity index is 1.50. The first kappa shape index (κ1) is 19.0. The number of hydrogen-bond acceptors (Lipinski definition) is 6. The van der Waals surface area contributed by atoms with E-state index in [2.05, 4.69) is 5.16 Å². The van der Waals surface area contributed by atoms with Crippen molar-refractivity contribution in [2.24, 2.45) is 0 Å². The van der Waals surface area contributed by atoms with Crippen LogP contribution in [-0.4, -0.2) is 16.9 Å². The van der Waals surface area contributed by atoms with Crippen molar-refractivity contribution in [2.75, 3.05) is 5.75 Å². The number of para-hydroxylation sites is 2. The third-order valence-corrected chi connectivity index (χ3v) is 4.91. The van der Waals surface area contributed by atoms with E-state index >= 15 is 0 Å². The van der Waals surface area contributed by atoms with E-state index in [0.29, 0.717) is 11.5 Å². The summed E-state index contributed by atoms with van der Waals surface area (Å²) >= 11 is 1.48. The average molecular weight is 383 g/mol. The highest BCUT2D eigenvalue weighted by Gasteiger charge is 2.12. The molecular formula is C21H21NO4S. The minimum atomic E-state index is -0.263. The zero-order chi connectivity index (χ0) is 19.1. The van der Waals surface area contributed by atoms with Gasteiger partial charge in [0.25, 0.3) is 0 Å². The number of nitrogens with zero attached hydrogens (tertiary/aromatic N) is 1. The van der Waals surface area contributed by atoms with Crippen molar-refractivity contribution in [3.8, 4) is 11.5 Å². The number of ether oxygens (including phenoxy) is 2. The molecule has 1 aromatic heterocycles. The molecule has 27 heavy (non-hydrogen) atoms. The maximum atomic E-state index is 12.1. The largest absolute Gasteiger partial charge is 0.460 e. The molecule has 5 nitrogen and oxygen atoms in total. The van der Waals surface area contributed by atoms with Crippen molar-refractivity contribution in [1.82, 2.24) is 5.16 Å². The fraction of sp³-hybridized carbons (Fsp3) is 0.238. The van der Waals surface area contributed by atoms with Crippen molar-refractivity contribution < 1.29 is 18.8 Å². The van der Waals surface area contributed by atoms with Gasteiger partial charge in [0, 0.05) is 16.9 Å². The second kappa shape index (κ2) is 9.28. The molecule has 0 radical (unpaired) electrons. The molecule has 140 valence electrons. The Bertz CT molecular complexity index is 873. The zero-order valence-corrected chi connectivity index (χ0v) is 16.1. The van der Waals surface area contributed by atoms with Crippen LogP contribution in [0.2, 0.25) is 0 Å². The minimum Gasteiger partial charge on any atom is -0.460 e. The van der Waals surface area contributed by atoms with Gasteiger partial charge < -0.3 is 14.0 Å². The van der Waals surface area contributed by atoms with Gasteiger partial charge in [-0.15, -0.1) is 11.8 Å². The number of hydrogen-bond donors (Lipinski definition) is 0. The fourth-order valence-corrected chi connectivity index (χ4v) is 3.45. The van der Waals surface area contributed by atoms with Crippen LogP contribution in [0.15, 0.2) is 59.1 Å². The summed E-state index contributed by atoms with van der Waals surface area (Å²) in [7, 11) is 0. The van der Waals surface area contributed by atoms with Crippen molar-refractivity contribution in [1.29, 1.82) is 0 Å². The van der Waals surface area contributed by atoms with Crippen LogP contribution in [0.25, 0.3) is 0 Å². The molecular weight excluding hydrogens is 362 g/mol. The Hall–Kier alpha value is -2.73. The van der Waals surface area contributed by atoms with Crippen LogP contribution in [-0.2, 0) is 21.9 Å². The predicted molar refractivity (Wildman–Crippen MR) is 105 cm³/mol. The molecule has 6 heteroatoms. The van der Waals surface area contributed by atoms with E-state index < -0.39 is 0 Å². The maximum Gasteiger partial charge on any atom is 0.316 e. The second-order valence-electron chi connectivity index (χ2n) is 5.98. The third kappa shape index (κ3) is 5.37. The van der Waals surface area contributed by atoms with E-state index in [4.69, 9.17) is 14.0 Å². The SMILES string of the molecule is Cc1noc(C)c1CSCC(=O)OCc1ccccc1Oc1ccccc1. The number of carbonyl (C=O) groups is 1. The predicted octanol–water partition coefficient (Wildman–Crippen LogP) is 5.06. The number of thioether (sulfide) groups is 1. The summed E-state index contributed by atoms with van der Waals surface area (Å²) in [6.07, 6.45) is 0. The normalized spacial score (nSPS) is 10.6. The summed E-state index contributed by atoms with van der Waals surface area (Å²) < 4.78 is 16.4. The van der Waals surface area contributed by atoms with Crippen LogP contribution in [0.5, 0.6) is 11.5 Å². The molecule has 0 unspecified atom stereocenters. The van der Waals surface area contributed by atoms with E-state index in [9.17, 15) is 4.79 Å². The molecule has 0 bridgehead atoms. The summed E-state index contributed by atoms with van der Waals surface area (Å²) in [4.78, 5) is 12.1. The number of aryl methyl sites for hydroxylation is 2. The standard InChI is InChI=1S/C21H21NO4S/c1-15-19(16(2)26-22-15)13-27-14-21(23)24-12-17-8-6-7-11-20(17)25-18-9-4-3-5-10-18/h3-11H,12-14H2,1-2H3.